The molecule has 130 valence electrons. The number of hydrogen-bond donors (Lipinski definition) is 1. The van der Waals surface area contributed by atoms with E-state index in [2.05, 4.69) is 10.4 Å². The van der Waals surface area contributed by atoms with Crippen molar-refractivity contribution in [3.63, 3.8) is 0 Å². The Morgan fingerprint density at radius 2 is 2.08 bits per heavy atom. The number of thiophene rings is 1. The van der Waals surface area contributed by atoms with Gasteiger partial charge in [-0.3, -0.25) is 15.0 Å². The molecule has 7 heteroatoms. The number of nitrogens with zero attached hydrogens (tertiary/aromatic N) is 2. The van der Waals surface area contributed by atoms with Gasteiger partial charge in [-0.1, -0.05) is 30.3 Å². The van der Waals surface area contributed by atoms with Gasteiger partial charge in [-0.15, -0.1) is 11.3 Å². The summed E-state index contributed by atoms with van der Waals surface area (Å²) in [7, 11) is 1.59. The predicted octanol–water partition coefficient (Wildman–Crippen LogP) is 2.93. The number of amides is 1. The summed E-state index contributed by atoms with van der Waals surface area (Å²) in [5, 5.41) is 0.536. The van der Waals surface area contributed by atoms with Gasteiger partial charge in [-0.05, 0) is 18.9 Å². The standard InChI is InChI=1S/C18H19N3O3S/c1-12-15(13-7-4-3-5-8-13)16-17(25-12)19-11-21(18(16)23)20-14(22)9-6-10-24-2/h3-5,7-8,11H,6,9-10H2,1-2H3,(H,20,22). The van der Waals surface area contributed by atoms with Crippen LogP contribution in [0.5, 0.6) is 0 Å². The molecular weight excluding hydrogens is 338 g/mol. The van der Waals surface area contributed by atoms with Gasteiger partial charge in [0.05, 0.1) is 5.39 Å². The van der Waals surface area contributed by atoms with E-state index in [0.29, 0.717) is 23.2 Å². The van der Waals surface area contributed by atoms with Crippen LogP contribution in [-0.4, -0.2) is 29.3 Å². The molecule has 0 saturated heterocycles. The molecule has 6 nitrogen and oxygen atoms in total. The van der Waals surface area contributed by atoms with E-state index in [-0.39, 0.29) is 17.9 Å². The molecule has 1 N–H and O–H groups in total. The van der Waals surface area contributed by atoms with E-state index >= 15 is 0 Å². The van der Waals surface area contributed by atoms with E-state index in [1.54, 1.807) is 7.11 Å². The van der Waals surface area contributed by atoms with Crippen LogP contribution in [0.1, 0.15) is 17.7 Å². The molecule has 25 heavy (non-hydrogen) atoms. The Morgan fingerprint density at radius 3 is 2.80 bits per heavy atom. The second-order valence-electron chi connectivity index (χ2n) is 5.63. The van der Waals surface area contributed by atoms with E-state index in [1.165, 1.54) is 17.7 Å². The van der Waals surface area contributed by atoms with Gasteiger partial charge >= 0.3 is 0 Å². The first-order valence-corrected chi connectivity index (χ1v) is 8.78. The van der Waals surface area contributed by atoms with Gasteiger partial charge in [-0.2, -0.15) is 0 Å². The fraction of sp³-hybridized carbons (Fsp3) is 0.278. The van der Waals surface area contributed by atoms with Gasteiger partial charge in [0.25, 0.3) is 5.56 Å². The number of hydrogen-bond acceptors (Lipinski definition) is 5. The van der Waals surface area contributed by atoms with E-state index < -0.39 is 0 Å². The summed E-state index contributed by atoms with van der Waals surface area (Å²) in [5.41, 5.74) is 4.17. The molecular formula is C18H19N3O3S. The maximum absolute atomic E-state index is 12.9. The quantitative estimate of drug-likeness (QED) is 0.689. The molecule has 0 radical (unpaired) electrons. The molecule has 0 atom stereocenters. The summed E-state index contributed by atoms with van der Waals surface area (Å²) in [4.78, 5) is 30.9. The predicted molar refractivity (Wildman–Crippen MR) is 99.5 cm³/mol. The van der Waals surface area contributed by atoms with Crippen molar-refractivity contribution in [2.24, 2.45) is 0 Å². The molecule has 0 spiro atoms. The third-order valence-corrected chi connectivity index (χ3v) is 4.86. The topological polar surface area (TPSA) is 73.2 Å². The fourth-order valence-corrected chi connectivity index (χ4v) is 3.71. The zero-order valence-corrected chi connectivity index (χ0v) is 14.9. The van der Waals surface area contributed by atoms with Gasteiger partial charge < -0.3 is 4.74 Å². The van der Waals surface area contributed by atoms with E-state index in [0.717, 1.165) is 20.7 Å². The lowest BCUT2D eigenvalue weighted by Crippen LogP contribution is -2.33. The van der Waals surface area contributed by atoms with Crippen molar-refractivity contribution in [3.8, 4) is 11.1 Å². The number of carbonyl (C=O) groups is 1. The van der Waals surface area contributed by atoms with Crippen LogP contribution in [0, 0.1) is 6.92 Å². The van der Waals surface area contributed by atoms with Crippen LogP contribution in [0.2, 0.25) is 0 Å². The van der Waals surface area contributed by atoms with Crippen LogP contribution in [0.25, 0.3) is 21.3 Å². The summed E-state index contributed by atoms with van der Waals surface area (Å²) >= 11 is 1.48. The number of fused-ring (bicyclic) bond motifs is 1. The molecule has 0 aliphatic carbocycles. The van der Waals surface area contributed by atoms with Crippen molar-refractivity contribution in [2.45, 2.75) is 19.8 Å². The Labute approximate surface area is 149 Å². The molecule has 1 aromatic carbocycles. The second-order valence-corrected chi connectivity index (χ2v) is 6.83. The largest absolute Gasteiger partial charge is 0.385 e. The molecule has 3 aromatic rings. The van der Waals surface area contributed by atoms with Crippen LogP contribution in [-0.2, 0) is 9.53 Å². The first-order valence-electron chi connectivity index (χ1n) is 7.96. The highest BCUT2D eigenvalue weighted by Crippen LogP contribution is 2.35. The number of nitrogens with one attached hydrogen (secondary N) is 1. The fourth-order valence-electron chi connectivity index (χ4n) is 2.70. The van der Waals surface area contributed by atoms with Crippen LogP contribution in [0.15, 0.2) is 41.5 Å². The minimum atomic E-state index is -0.270. The SMILES string of the molecule is COCCCC(=O)Nn1cnc2sc(C)c(-c3ccccc3)c2c1=O. The van der Waals surface area contributed by atoms with Gasteiger partial charge in [0.15, 0.2) is 0 Å². The summed E-state index contributed by atoms with van der Waals surface area (Å²) < 4.78 is 6.09. The number of methoxy groups -OCH3 is 1. The van der Waals surface area contributed by atoms with Crippen molar-refractivity contribution >= 4 is 27.5 Å². The maximum Gasteiger partial charge on any atom is 0.281 e. The van der Waals surface area contributed by atoms with Crippen molar-refractivity contribution in [1.82, 2.24) is 9.66 Å². The summed E-state index contributed by atoms with van der Waals surface area (Å²) in [6.07, 6.45) is 2.25. The van der Waals surface area contributed by atoms with Crippen LogP contribution >= 0.6 is 11.3 Å². The zero-order valence-electron chi connectivity index (χ0n) is 14.1. The Morgan fingerprint density at radius 1 is 1.32 bits per heavy atom. The average molecular weight is 357 g/mol. The molecule has 0 aliphatic rings. The monoisotopic (exact) mass is 357 g/mol. The zero-order chi connectivity index (χ0) is 17.8. The molecule has 0 unspecified atom stereocenters. The Bertz CT molecular complexity index is 947. The average Bonchev–Trinajstić information content (AvgIpc) is 2.95. The number of rotatable bonds is 6. The van der Waals surface area contributed by atoms with Gasteiger partial charge in [0.1, 0.15) is 11.2 Å². The second kappa shape index (κ2) is 7.58. The Kier molecular flexibility index (Phi) is 5.25. The first kappa shape index (κ1) is 17.3. The maximum atomic E-state index is 12.9. The number of benzene rings is 1. The summed E-state index contributed by atoms with van der Waals surface area (Å²) in [6.45, 7) is 2.48. The van der Waals surface area contributed by atoms with Crippen LogP contribution in [0.4, 0.5) is 0 Å². The summed E-state index contributed by atoms with van der Waals surface area (Å²) in [5.74, 6) is -0.242. The smallest absolute Gasteiger partial charge is 0.281 e. The van der Waals surface area contributed by atoms with Crippen molar-refractivity contribution in [3.05, 3.63) is 51.9 Å². The van der Waals surface area contributed by atoms with E-state index in [1.807, 2.05) is 37.3 Å². The van der Waals surface area contributed by atoms with E-state index in [9.17, 15) is 9.59 Å². The van der Waals surface area contributed by atoms with Crippen LogP contribution < -0.4 is 11.0 Å². The number of aryl methyl sites for hydroxylation is 1. The lowest BCUT2D eigenvalue weighted by Gasteiger charge is -2.08. The van der Waals surface area contributed by atoms with Gasteiger partial charge in [0, 0.05) is 30.6 Å². The molecule has 2 aromatic heterocycles. The van der Waals surface area contributed by atoms with Gasteiger partial charge in [0.2, 0.25) is 5.91 Å². The Balaban J connectivity index is 1.99. The van der Waals surface area contributed by atoms with E-state index in [4.69, 9.17) is 4.74 Å². The molecule has 2 heterocycles. The highest BCUT2D eigenvalue weighted by Gasteiger charge is 2.17. The normalized spacial score (nSPS) is 11.0. The lowest BCUT2D eigenvalue weighted by molar-refractivity contribution is -0.117. The lowest BCUT2D eigenvalue weighted by atomic mass is 10.0. The molecule has 3 rings (SSSR count). The first-order chi connectivity index (χ1) is 12.1. The van der Waals surface area contributed by atoms with Crippen molar-refractivity contribution in [1.29, 1.82) is 0 Å². The minimum absolute atomic E-state index is 0.242. The van der Waals surface area contributed by atoms with Crippen molar-refractivity contribution in [2.75, 3.05) is 19.1 Å². The van der Waals surface area contributed by atoms with Crippen LogP contribution in [0.3, 0.4) is 0 Å². The number of aromatic nitrogens is 2. The third kappa shape index (κ3) is 3.62. The van der Waals surface area contributed by atoms with Crippen molar-refractivity contribution < 1.29 is 9.53 Å². The molecule has 0 fully saturated rings. The summed E-state index contributed by atoms with van der Waals surface area (Å²) in [6, 6.07) is 9.74. The molecule has 0 bridgehead atoms. The highest BCUT2D eigenvalue weighted by molar-refractivity contribution is 7.19. The molecule has 0 saturated carbocycles. The minimum Gasteiger partial charge on any atom is -0.385 e. The van der Waals surface area contributed by atoms with Gasteiger partial charge in [-0.25, -0.2) is 9.66 Å². The Hall–Kier alpha value is -2.51. The molecule has 0 aliphatic heterocycles. The molecule has 1 amide bonds. The number of carbonyl (C=O) groups excluding carboxylic acids is 1. The third-order valence-electron chi connectivity index (χ3n) is 3.85. The number of ether oxygens (including phenoxy) is 1. The highest BCUT2D eigenvalue weighted by atomic mass is 32.1.